The zero-order chi connectivity index (χ0) is 22.6. The molecular formula is C22H26N8O3. The van der Waals surface area contributed by atoms with Gasteiger partial charge in [0.15, 0.2) is 5.65 Å². The van der Waals surface area contributed by atoms with E-state index in [2.05, 4.69) is 30.9 Å². The molecule has 2 atom stereocenters. The minimum absolute atomic E-state index is 0.0356. The molecule has 3 aliphatic rings. The summed E-state index contributed by atoms with van der Waals surface area (Å²) in [6.45, 7) is 2.57. The number of aromatic nitrogens is 4. The van der Waals surface area contributed by atoms with Crippen LogP contribution in [0.1, 0.15) is 29.6 Å². The summed E-state index contributed by atoms with van der Waals surface area (Å²) in [4.78, 5) is 24.4. The Balaban J connectivity index is 1.25. The van der Waals surface area contributed by atoms with Crippen molar-refractivity contribution in [2.45, 2.75) is 37.0 Å². The van der Waals surface area contributed by atoms with Crippen LogP contribution in [-0.4, -0.2) is 75.1 Å². The van der Waals surface area contributed by atoms with Crippen molar-refractivity contribution in [2.75, 3.05) is 42.3 Å². The van der Waals surface area contributed by atoms with E-state index in [4.69, 9.17) is 9.72 Å². The topological polar surface area (TPSA) is 129 Å². The van der Waals surface area contributed by atoms with Gasteiger partial charge in [0.25, 0.3) is 5.91 Å². The fraction of sp³-hybridized carbons (Fsp3) is 0.455. The van der Waals surface area contributed by atoms with E-state index in [9.17, 15) is 9.90 Å². The molecule has 6 rings (SSSR count). The molecule has 2 aliphatic heterocycles. The zero-order valence-corrected chi connectivity index (χ0v) is 18.3. The van der Waals surface area contributed by atoms with Crippen molar-refractivity contribution < 1.29 is 14.6 Å². The Bertz CT molecular complexity index is 1220. The van der Waals surface area contributed by atoms with Crippen LogP contribution in [0.4, 0.5) is 23.3 Å². The van der Waals surface area contributed by atoms with Crippen molar-refractivity contribution in [3.05, 3.63) is 36.0 Å². The SMILES string of the molecule is CNc1cc(Nc2cccc(N3CC4(CCO4)C3)n2)nc2c(C(=O)N[C@@H]3CC[C@@H]3O)cnn12. The van der Waals surface area contributed by atoms with E-state index in [1.54, 1.807) is 11.6 Å². The van der Waals surface area contributed by atoms with Gasteiger partial charge in [-0.1, -0.05) is 6.07 Å². The molecule has 1 aliphatic carbocycles. The minimum atomic E-state index is -0.496. The molecule has 0 aromatic carbocycles. The third kappa shape index (κ3) is 3.44. The van der Waals surface area contributed by atoms with Gasteiger partial charge >= 0.3 is 0 Å². The average Bonchev–Trinajstić information content (AvgIpc) is 3.18. The Morgan fingerprint density at radius 1 is 1.24 bits per heavy atom. The summed E-state index contributed by atoms with van der Waals surface area (Å²) in [5.74, 6) is 2.46. The summed E-state index contributed by atoms with van der Waals surface area (Å²) in [5.41, 5.74) is 0.800. The van der Waals surface area contributed by atoms with Gasteiger partial charge in [0.2, 0.25) is 0 Å². The van der Waals surface area contributed by atoms with E-state index in [1.807, 2.05) is 24.3 Å². The molecular weight excluding hydrogens is 424 g/mol. The molecule has 0 radical (unpaired) electrons. The van der Waals surface area contributed by atoms with E-state index in [0.717, 1.165) is 38.4 Å². The van der Waals surface area contributed by atoms with Gasteiger partial charge in [-0.2, -0.15) is 9.61 Å². The normalized spacial score (nSPS) is 22.9. The van der Waals surface area contributed by atoms with Crippen molar-refractivity contribution in [2.24, 2.45) is 0 Å². The third-order valence-electron chi connectivity index (χ3n) is 6.77. The predicted octanol–water partition coefficient (Wildman–Crippen LogP) is 1.14. The van der Waals surface area contributed by atoms with Crippen LogP contribution >= 0.6 is 0 Å². The smallest absolute Gasteiger partial charge is 0.257 e. The standard InChI is InChI=1S/C22H26N8O3/c1-23-19-9-17(26-16-3-2-4-18(27-16)29-11-22(12-29)7-8-33-22)28-20-13(10-24-30(19)20)21(32)25-14-5-6-15(14)31/h2-4,9-10,14-15,23,31H,5-8,11-12H2,1H3,(H,25,32)(H,26,27,28)/t14-,15+/m1/s1. The molecule has 3 aromatic heterocycles. The Hall–Kier alpha value is -3.44. The molecule has 0 bridgehead atoms. The van der Waals surface area contributed by atoms with E-state index < -0.39 is 6.10 Å². The largest absolute Gasteiger partial charge is 0.391 e. The first-order valence-electron chi connectivity index (χ1n) is 11.2. The molecule has 2 saturated heterocycles. The number of carbonyl (C=O) groups is 1. The maximum absolute atomic E-state index is 12.8. The maximum Gasteiger partial charge on any atom is 0.257 e. The Morgan fingerprint density at radius 3 is 2.76 bits per heavy atom. The lowest BCUT2D eigenvalue weighted by Gasteiger charge is -2.55. The maximum atomic E-state index is 12.8. The van der Waals surface area contributed by atoms with Crippen LogP contribution in [-0.2, 0) is 4.74 Å². The number of nitrogens with one attached hydrogen (secondary N) is 3. The first-order chi connectivity index (χ1) is 16.0. The van der Waals surface area contributed by atoms with Gasteiger partial charge in [0.05, 0.1) is 38.0 Å². The third-order valence-corrected chi connectivity index (χ3v) is 6.77. The fourth-order valence-corrected chi connectivity index (χ4v) is 4.51. The lowest BCUT2D eigenvalue weighted by atomic mass is 9.86. The van der Waals surface area contributed by atoms with E-state index in [1.165, 1.54) is 6.20 Å². The molecule has 5 heterocycles. The molecule has 11 nitrogen and oxygen atoms in total. The Labute approximate surface area is 190 Å². The summed E-state index contributed by atoms with van der Waals surface area (Å²) in [6.07, 6.45) is 3.57. The molecule has 1 amide bonds. The van der Waals surface area contributed by atoms with Gasteiger partial charge in [0.1, 0.15) is 34.4 Å². The Kier molecular flexibility index (Phi) is 4.63. The second kappa shape index (κ2) is 7.56. The number of pyridine rings is 1. The number of hydrogen-bond acceptors (Lipinski definition) is 9. The van der Waals surface area contributed by atoms with Crippen molar-refractivity contribution in [1.29, 1.82) is 0 Å². The number of ether oxygens (including phenoxy) is 1. The van der Waals surface area contributed by atoms with Crippen LogP contribution in [0.5, 0.6) is 0 Å². The van der Waals surface area contributed by atoms with E-state index in [0.29, 0.717) is 35.1 Å². The van der Waals surface area contributed by atoms with Crippen LogP contribution in [0.15, 0.2) is 30.5 Å². The fourth-order valence-electron chi connectivity index (χ4n) is 4.51. The van der Waals surface area contributed by atoms with Gasteiger partial charge in [0, 0.05) is 19.5 Å². The molecule has 11 heteroatoms. The number of rotatable bonds is 6. The molecule has 4 N–H and O–H groups in total. The number of hydrogen-bond donors (Lipinski definition) is 4. The molecule has 172 valence electrons. The summed E-state index contributed by atoms with van der Waals surface area (Å²) < 4.78 is 7.29. The lowest BCUT2D eigenvalue weighted by molar-refractivity contribution is -0.161. The van der Waals surface area contributed by atoms with Gasteiger partial charge in [-0.05, 0) is 25.0 Å². The predicted molar refractivity (Wildman–Crippen MR) is 122 cm³/mol. The number of aliphatic hydroxyl groups is 1. The van der Waals surface area contributed by atoms with Crippen molar-refractivity contribution >= 4 is 34.8 Å². The summed E-state index contributed by atoms with van der Waals surface area (Å²) in [7, 11) is 1.78. The van der Waals surface area contributed by atoms with Crippen LogP contribution in [0.3, 0.4) is 0 Å². The average molecular weight is 451 g/mol. The van der Waals surface area contributed by atoms with Gasteiger partial charge in [-0.3, -0.25) is 4.79 Å². The molecule has 3 fully saturated rings. The number of carbonyl (C=O) groups excluding carboxylic acids is 1. The number of nitrogens with zero attached hydrogens (tertiary/aromatic N) is 5. The lowest BCUT2D eigenvalue weighted by Crippen LogP contribution is -2.68. The van der Waals surface area contributed by atoms with Gasteiger partial charge < -0.3 is 30.7 Å². The monoisotopic (exact) mass is 450 g/mol. The quantitative estimate of drug-likeness (QED) is 0.437. The van der Waals surface area contributed by atoms with Crippen LogP contribution in [0, 0.1) is 0 Å². The minimum Gasteiger partial charge on any atom is -0.391 e. The highest BCUT2D eigenvalue weighted by Gasteiger charge is 2.49. The Morgan fingerprint density at radius 2 is 2.09 bits per heavy atom. The highest BCUT2D eigenvalue weighted by molar-refractivity contribution is 6.00. The zero-order valence-electron chi connectivity index (χ0n) is 18.3. The van der Waals surface area contributed by atoms with Crippen molar-refractivity contribution in [3.8, 4) is 0 Å². The van der Waals surface area contributed by atoms with E-state index in [-0.39, 0.29) is 17.6 Å². The molecule has 3 aromatic rings. The first kappa shape index (κ1) is 20.2. The second-order valence-corrected chi connectivity index (χ2v) is 8.94. The number of fused-ring (bicyclic) bond motifs is 1. The van der Waals surface area contributed by atoms with Gasteiger partial charge in [-0.25, -0.2) is 9.97 Å². The highest BCUT2D eigenvalue weighted by atomic mass is 16.5. The van der Waals surface area contributed by atoms with Crippen molar-refractivity contribution in [3.63, 3.8) is 0 Å². The number of anilines is 4. The van der Waals surface area contributed by atoms with Crippen LogP contribution < -0.4 is 20.9 Å². The summed E-state index contributed by atoms with van der Waals surface area (Å²) >= 11 is 0. The number of amides is 1. The van der Waals surface area contributed by atoms with E-state index >= 15 is 0 Å². The van der Waals surface area contributed by atoms with Crippen LogP contribution in [0.25, 0.3) is 5.65 Å². The van der Waals surface area contributed by atoms with Gasteiger partial charge in [-0.15, -0.1) is 0 Å². The van der Waals surface area contributed by atoms with Crippen LogP contribution in [0.2, 0.25) is 0 Å². The molecule has 1 saturated carbocycles. The highest BCUT2D eigenvalue weighted by Crippen LogP contribution is 2.38. The molecule has 0 unspecified atom stereocenters. The summed E-state index contributed by atoms with van der Waals surface area (Å²) in [5, 5.41) is 23.3. The second-order valence-electron chi connectivity index (χ2n) is 8.94. The van der Waals surface area contributed by atoms with Crippen molar-refractivity contribution in [1.82, 2.24) is 24.9 Å². The molecule has 33 heavy (non-hydrogen) atoms. The number of aliphatic hydroxyl groups excluding tert-OH is 1. The summed E-state index contributed by atoms with van der Waals surface area (Å²) in [6, 6.07) is 7.41. The first-order valence-corrected chi connectivity index (χ1v) is 11.2. The molecule has 1 spiro atoms.